The molecule has 0 saturated heterocycles. The third-order valence-corrected chi connectivity index (χ3v) is 4.70. The van der Waals surface area contributed by atoms with Crippen LogP contribution in [0.3, 0.4) is 0 Å². The standard InChI is InChI=1S/C16H23NOS/c1-3-13-6-9-15(11(13)2)17-16(18)10-12-4-7-14(19)8-5-12/h4-5,7-8,11,13,15,19H,3,6,9-10H2,1-2H3,(H,17,18). The zero-order chi connectivity index (χ0) is 13.8. The van der Waals surface area contributed by atoms with Gasteiger partial charge in [-0.3, -0.25) is 4.79 Å². The fourth-order valence-corrected chi connectivity index (χ4v) is 3.23. The molecule has 19 heavy (non-hydrogen) atoms. The highest BCUT2D eigenvalue weighted by molar-refractivity contribution is 7.80. The van der Waals surface area contributed by atoms with Crippen LogP contribution >= 0.6 is 12.6 Å². The number of hydrogen-bond donors (Lipinski definition) is 2. The van der Waals surface area contributed by atoms with Crippen LogP contribution in [0.4, 0.5) is 0 Å². The first-order chi connectivity index (χ1) is 9.10. The molecule has 1 N–H and O–H groups in total. The molecule has 1 fully saturated rings. The van der Waals surface area contributed by atoms with Crippen LogP contribution in [0.15, 0.2) is 29.2 Å². The normalized spacial score (nSPS) is 26.4. The van der Waals surface area contributed by atoms with Crippen LogP contribution in [0.25, 0.3) is 0 Å². The molecule has 3 atom stereocenters. The maximum Gasteiger partial charge on any atom is 0.224 e. The van der Waals surface area contributed by atoms with Gasteiger partial charge in [-0.05, 0) is 42.4 Å². The van der Waals surface area contributed by atoms with Gasteiger partial charge >= 0.3 is 0 Å². The van der Waals surface area contributed by atoms with Gasteiger partial charge in [-0.25, -0.2) is 0 Å². The average Bonchev–Trinajstić information content (AvgIpc) is 2.73. The second-order valence-corrected chi connectivity index (χ2v) is 6.14. The Balaban J connectivity index is 1.86. The van der Waals surface area contributed by atoms with Gasteiger partial charge in [0, 0.05) is 10.9 Å². The summed E-state index contributed by atoms with van der Waals surface area (Å²) in [5, 5.41) is 3.20. The lowest BCUT2D eigenvalue weighted by Crippen LogP contribution is -2.38. The molecule has 0 heterocycles. The van der Waals surface area contributed by atoms with E-state index in [9.17, 15) is 4.79 Å². The van der Waals surface area contributed by atoms with Gasteiger partial charge in [-0.1, -0.05) is 32.4 Å². The molecule has 1 aliphatic rings. The van der Waals surface area contributed by atoms with Crippen molar-refractivity contribution in [3.63, 3.8) is 0 Å². The summed E-state index contributed by atoms with van der Waals surface area (Å²) in [5.41, 5.74) is 1.05. The van der Waals surface area contributed by atoms with Crippen molar-refractivity contribution in [2.75, 3.05) is 0 Å². The van der Waals surface area contributed by atoms with E-state index < -0.39 is 0 Å². The van der Waals surface area contributed by atoms with E-state index in [1.165, 1.54) is 12.8 Å². The Hall–Kier alpha value is -0.960. The first-order valence-corrected chi connectivity index (χ1v) is 7.62. The molecule has 0 radical (unpaired) electrons. The molecule has 3 heteroatoms. The van der Waals surface area contributed by atoms with E-state index in [2.05, 4.69) is 31.8 Å². The molecular formula is C16H23NOS. The van der Waals surface area contributed by atoms with E-state index in [-0.39, 0.29) is 5.91 Å². The number of hydrogen-bond acceptors (Lipinski definition) is 2. The summed E-state index contributed by atoms with van der Waals surface area (Å²) in [4.78, 5) is 13.0. The summed E-state index contributed by atoms with van der Waals surface area (Å²) in [5.74, 6) is 1.52. The Kier molecular flexibility index (Phi) is 4.92. The summed E-state index contributed by atoms with van der Waals surface area (Å²) in [7, 11) is 0. The minimum atomic E-state index is 0.139. The van der Waals surface area contributed by atoms with Gasteiger partial charge in [0.2, 0.25) is 5.91 Å². The highest BCUT2D eigenvalue weighted by Gasteiger charge is 2.32. The smallest absolute Gasteiger partial charge is 0.224 e. The summed E-state index contributed by atoms with van der Waals surface area (Å²) in [6.45, 7) is 4.51. The summed E-state index contributed by atoms with van der Waals surface area (Å²) < 4.78 is 0. The fourth-order valence-electron chi connectivity index (χ4n) is 3.08. The zero-order valence-corrected chi connectivity index (χ0v) is 12.6. The maximum absolute atomic E-state index is 12.1. The van der Waals surface area contributed by atoms with Gasteiger partial charge in [0.1, 0.15) is 0 Å². The van der Waals surface area contributed by atoms with E-state index in [1.807, 2.05) is 24.3 Å². The maximum atomic E-state index is 12.1. The predicted octanol–water partition coefficient (Wildman–Crippen LogP) is 3.46. The molecule has 1 aromatic rings. The third kappa shape index (κ3) is 3.75. The lowest BCUT2D eigenvalue weighted by Gasteiger charge is -2.21. The quantitative estimate of drug-likeness (QED) is 0.811. The molecule has 0 bridgehead atoms. The molecule has 2 rings (SSSR count). The number of thiol groups is 1. The number of carbonyl (C=O) groups excluding carboxylic acids is 1. The molecule has 1 saturated carbocycles. The van der Waals surface area contributed by atoms with Crippen LogP contribution in [-0.2, 0) is 11.2 Å². The molecule has 1 amide bonds. The van der Waals surface area contributed by atoms with E-state index in [1.54, 1.807) is 0 Å². The van der Waals surface area contributed by atoms with Crippen molar-refractivity contribution in [3.05, 3.63) is 29.8 Å². The van der Waals surface area contributed by atoms with Crippen molar-refractivity contribution in [2.24, 2.45) is 11.8 Å². The number of benzene rings is 1. The van der Waals surface area contributed by atoms with E-state index >= 15 is 0 Å². The van der Waals surface area contributed by atoms with Gasteiger partial charge in [-0.2, -0.15) is 0 Å². The van der Waals surface area contributed by atoms with Crippen molar-refractivity contribution in [1.82, 2.24) is 5.32 Å². The minimum absolute atomic E-state index is 0.139. The molecule has 2 nitrogen and oxygen atoms in total. The topological polar surface area (TPSA) is 29.1 Å². The number of amides is 1. The van der Waals surface area contributed by atoms with Crippen LogP contribution in [-0.4, -0.2) is 11.9 Å². The second-order valence-electron chi connectivity index (χ2n) is 5.62. The van der Waals surface area contributed by atoms with Crippen molar-refractivity contribution in [2.45, 2.75) is 50.5 Å². The third-order valence-electron chi connectivity index (χ3n) is 4.40. The molecule has 0 aliphatic heterocycles. The van der Waals surface area contributed by atoms with Crippen LogP contribution in [0.2, 0.25) is 0 Å². The van der Waals surface area contributed by atoms with E-state index in [0.29, 0.717) is 18.4 Å². The first-order valence-electron chi connectivity index (χ1n) is 7.17. The molecular weight excluding hydrogens is 254 g/mol. The first kappa shape index (κ1) is 14.4. The Bertz CT molecular complexity index is 429. The van der Waals surface area contributed by atoms with Crippen molar-refractivity contribution < 1.29 is 4.79 Å². The number of nitrogens with one attached hydrogen (secondary N) is 1. The summed E-state index contributed by atoms with van der Waals surface area (Å²) in [6, 6.07) is 8.15. The van der Waals surface area contributed by atoms with Gasteiger partial charge in [0.15, 0.2) is 0 Å². The van der Waals surface area contributed by atoms with Gasteiger partial charge < -0.3 is 5.32 Å². The monoisotopic (exact) mass is 277 g/mol. The lowest BCUT2D eigenvalue weighted by molar-refractivity contribution is -0.121. The largest absolute Gasteiger partial charge is 0.353 e. The predicted molar refractivity (Wildman–Crippen MR) is 81.5 cm³/mol. The van der Waals surface area contributed by atoms with Crippen LogP contribution in [0.1, 0.15) is 38.7 Å². The van der Waals surface area contributed by atoms with Gasteiger partial charge in [0.05, 0.1) is 6.42 Å². The zero-order valence-electron chi connectivity index (χ0n) is 11.7. The summed E-state index contributed by atoms with van der Waals surface area (Å²) >= 11 is 4.25. The SMILES string of the molecule is CCC1CCC(NC(=O)Cc2ccc(S)cc2)C1C. The molecule has 1 aromatic carbocycles. The van der Waals surface area contributed by atoms with Crippen LogP contribution in [0, 0.1) is 11.8 Å². The number of carbonyl (C=O) groups is 1. The van der Waals surface area contributed by atoms with E-state index in [4.69, 9.17) is 0 Å². The van der Waals surface area contributed by atoms with Gasteiger partial charge in [-0.15, -0.1) is 12.6 Å². The van der Waals surface area contributed by atoms with Crippen LogP contribution in [0.5, 0.6) is 0 Å². The highest BCUT2D eigenvalue weighted by atomic mass is 32.1. The molecule has 1 aliphatic carbocycles. The van der Waals surface area contributed by atoms with Crippen molar-refractivity contribution in [1.29, 1.82) is 0 Å². The Morgan fingerprint density at radius 2 is 2.00 bits per heavy atom. The lowest BCUT2D eigenvalue weighted by atomic mass is 9.93. The van der Waals surface area contributed by atoms with Crippen LogP contribution < -0.4 is 5.32 Å². The Morgan fingerprint density at radius 1 is 1.32 bits per heavy atom. The highest BCUT2D eigenvalue weighted by Crippen LogP contribution is 2.33. The molecule has 0 spiro atoms. The summed E-state index contributed by atoms with van der Waals surface area (Å²) in [6.07, 6.45) is 4.06. The average molecular weight is 277 g/mol. The number of rotatable bonds is 4. The molecule has 0 aromatic heterocycles. The van der Waals surface area contributed by atoms with Crippen molar-refractivity contribution in [3.8, 4) is 0 Å². The molecule has 3 unspecified atom stereocenters. The minimum Gasteiger partial charge on any atom is -0.353 e. The fraction of sp³-hybridized carbons (Fsp3) is 0.562. The van der Waals surface area contributed by atoms with Gasteiger partial charge in [0.25, 0.3) is 0 Å². The van der Waals surface area contributed by atoms with Crippen molar-refractivity contribution >= 4 is 18.5 Å². The Morgan fingerprint density at radius 3 is 2.58 bits per heavy atom. The second kappa shape index (κ2) is 6.47. The van der Waals surface area contributed by atoms with E-state index in [0.717, 1.165) is 22.8 Å². The Labute approximate surface area is 121 Å². The molecule has 104 valence electrons.